The van der Waals surface area contributed by atoms with Crippen LogP contribution in [0.2, 0.25) is 0 Å². The molecule has 16 heavy (non-hydrogen) atoms. The van der Waals surface area contributed by atoms with Gasteiger partial charge in [0.05, 0.1) is 6.04 Å². The first-order valence-corrected chi connectivity index (χ1v) is 5.59. The fourth-order valence-electron chi connectivity index (χ4n) is 1.58. The van der Waals surface area contributed by atoms with E-state index in [0.29, 0.717) is 13.0 Å². The number of aliphatic carboxylic acids is 1. The molecule has 94 valence electrons. The molecule has 1 atom stereocenters. The molecule has 0 radical (unpaired) electrons. The standard InChI is InChI=1S/C11H22N2O3/c1-5-7-8(12)9(14)13(6-2)11(3,4)10(15)16/h8H,5-7,12H2,1-4H3,(H,15,16)/t8-/m0/s1. The normalized spacial score (nSPS) is 13.3. The van der Waals surface area contributed by atoms with E-state index in [9.17, 15) is 9.59 Å². The maximum Gasteiger partial charge on any atom is 0.329 e. The van der Waals surface area contributed by atoms with E-state index >= 15 is 0 Å². The van der Waals surface area contributed by atoms with Crippen molar-refractivity contribution in [2.45, 2.75) is 52.1 Å². The van der Waals surface area contributed by atoms with Crippen molar-refractivity contribution in [3.05, 3.63) is 0 Å². The van der Waals surface area contributed by atoms with Crippen LogP contribution >= 0.6 is 0 Å². The van der Waals surface area contributed by atoms with E-state index in [1.165, 1.54) is 18.7 Å². The van der Waals surface area contributed by atoms with Gasteiger partial charge < -0.3 is 15.7 Å². The van der Waals surface area contributed by atoms with Crippen LogP contribution in [0.4, 0.5) is 0 Å². The van der Waals surface area contributed by atoms with Gasteiger partial charge in [0.25, 0.3) is 0 Å². The van der Waals surface area contributed by atoms with Crippen molar-refractivity contribution >= 4 is 11.9 Å². The largest absolute Gasteiger partial charge is 0.480 e. The molecular weight excluding hydrogens is 208 g/mol. The molecule has 0 fully saturated rings. The molecule has 0 heterocycles. The minimum absolute atomic E-state index is 0.295. The van der Waals surface area contributed by atoms with E-state index in [-0.39, 0.29) is 5.91 Å². The number of carboxylic acid groups (broad SMARTS) is 1. The summed E-state index contributed by atoms with van der Waals surface area (Å²) < 4.78 is 0. The Balaban J connectivity index is 4.86. The van der Waals surface area contributed by atoms with E-state index in [4.69, 9.17) is 10.8 Å². The van der Waals surface area contributed by atoms with Crippen LogP contribution in [0.1, 0.15) is 40.5 Å². The number of amides is 1. The summed E-state index contributed by atoms with van der Waals surface area (Å²) in [6.45, 7) is 7.05. The third-order valence-corrected chi connectivity index (χ3v) is 2.70. The Bertz CT molecular complexity index is 264. The zero-order valence-electron chi connectivity index (χ0n) is 10.5. The fraction of sp³-hybridized carbons (Fsp3) is 0.818. The van der Waals surface area contributed by atoms with Crippen LogP contribution in [-0.2, 0) is 9.59 Å². The van der Waals surface area contributed by atoms with Crippen LogP contribution in [0.15, 0.2) is 0 Å². The predicted molar refractivity (Wildman–Crippen MR) is 62.0 cm³/mol. The Kier molecular flexibility index (Phi) is 5.44. The minimum Gasteiger partial charge on any atom is -0.480 e. The lowest BCUT2D eigenvalue weighted by atomic mass is 10.0. The second-order valence-electron chi connectivity index (χ2n) is 4.34. The van der Waals surface area contributed by atoms with Crippen LogP contribution < -0.4 is 5.73 Å². The molecule has 0 aromatic rings. The van der Waals surface area contributed by atoms with Gasteiger partial charge in [0.2, 0.25) is 5.91 Å². The Morgan fingerprint density at radius 2 is 1.88 bits per heavy atom. The molecule has 0 spiro atoms. The summed E-state index contributed by atoms with van der Waals surface area (Å²) >= 11 is 0. The average molecular weight is 230 g/mol. The SMILES string of the molecule is CCC[C@H](N)C(=O)N(CC)C(C)(C)C(=O)O. The van der Waals surface area contributed by atoms with Gasteiger partial charge in [-0.2, -0.15) is 0 Å². The van der Waals surface area contributed by atoms with Crippen LogP contribution in [0.3, 0.4) is 0 Å². The molecule has 5 nitrogen and oxygen atoms in total. The molecule has 0 aromatic heterocycles. The molecule has 5 heteroatoms. The van der Waals surface area contributed by atoms with E-state index in [1.807, 2.05) is 6.92 Å². The zero-order valence-corrected chi connectivity index (χ0v) is 10.5. The molecule has 0 rings (SSSR count). The van der Waals surface area contributed by atoms with Crippen molar-refractivity contribution in [3.63, 3.8) is 0 Å². The summed E-state index contributed by atoms with van der Waals surface area (Å²) in [6, 6.07) is -0.608. The van der Waals surface area contributed by atoms with Gasteiger partial charge in [-0.25, -0.2) is 4.79 Å². The first-order chi connectivity index (χ1) is 7.28. The second kappa shape index (κ2) is 5.84. The number of nitrogens with zero attached hydrogens (tertiary/aromatic N) is 1. The number of likely N-dealkylation sites (N-methyl/N-ethyl adjacent to an activating group) is 1. The van der Waals surface area contributed by atoms with Gasteiger partial charge in [0.1, 0.15) is 5.54 Å². The summed E-state index contributed by atoms with van der Waals surface area (Å²) in [4.78, 5) is 24.3. The highest BCUT2D eigenvalue weighted by Gasteiger charge is 2.38. The van der Waals surface area contributed by atoms with Gasteiger partial charge in [-0.3, -0.25) is 4.79 Å². The molecular formula is C11H22N2O3. The Morgan fingerprint density at radius 3 is 2.19 bits per heavy atom. The highest BCUT2D eigenvalue weighted by molar-refractivity contribution is 5.89. The van der Waals surface area contributed by atoms with Gasteiger partial charge in [-0.1, -0.05) is 13.3 Å². The van der Waals surface area contributed by atoms with Gasteiger partial charge in [-0.15, -0.1) is 0 Å². The first kappa shape index (κ1) is 14.9. The Labute approximate surface area is 96.6 Å². The number of carbonyl (C=O) groups is 2. The molecule has 3 N–H and O–H groups in total. The minimum atomic E-state index is -1.21. The van der Waals surface area contributed by atoms with Crippen LogP contribution in [0, 0.1) is 0 Å². The number of hydrogen-bond acceptors (Lipinski definition) is 3. The molecule has 0 aliphatic rings. The topological polar surface area (TPSA) is 83.6 Å². The molecule has 0 saturated heterocycles. The summed E-state index contributed by atoms with van der Waals surface area (Å²) in [7, 11) is 0. The zero-order chi connectivity index (χ0) is 12.9. The highest BCUT2D eigenvalue weighted by atomic mass is 16.4. The lowest BCUT2D eigenvalue weighted by Crippen LogP contribution is -2.57. The second-order valence-corrected chi connectivity index (χ2v) is 4.34. The van der Waals surface area contributed by atoms with Crippen LogP contribution in [0.5, 0.6) is 0 Å². The van der Waals surface area contributed by atoms with E-state index in [0.717, 1.165) is 6.42 Å². The van der Waals surface area contributed by atoms with Crippen molar-refractivity contribution in [1.29, 1.82) is 0 Å². The van der Waals surface area contributed by atoms with E-state index in [2.05, 4.69) is 0 Å². The van der Waals surface area contributed by atoms with Crippen molar-refractivity contribution < 1.29 is 14.7 Å². The van der Waals surface area contributed by atoms with Crippen molar-refractivity contribution in [2.75, 3.05) is 6.54 Å². The van der Waals surface area contributed by atoms with Crippen molar-refractivity contribution in [2.24, 2.45) is 5.73 Å². The molecule has 1 amide bonds. The molecule has 0 unspecified atom stereocenters. The van der Waals surface area contributed by atoms with Crippen molar-refractivity contribution in [3.8, 4) is 0 Å². The van der Waals surface area contributed by atoms with Gasteiger partial charge >= 0.3 is 5.97 Å². The number of hydrogen-bond donors (Lipinski definition) is 2. The Morgan fingerprint density at radius 1 is 1.38 bits per heavy atom. The van der Waals surface area contributed by atoms with Crippen molar-refractivity contribution in [1.82, 2.24) is 4.90 Å². The van der Waals surface area contributed by atoms with E-state index in [1.54, 1.807) is 6.92 Å². The third kappa shape index (κ3) is 3.20. The number of carboxylic acids is 1. The molecule has 0 saturated carbocycles. The average Bonchev–Trinajstić information content (AvgIpc) is 2.18. The maximum absolute atomic E-state index is 12.0. The predicted octanol–water partition coefficient (Wildman–Crippen LogP) is 0.825. The Hall–Kier alpha value is -1.10. The summed E-state index contributed by atoms with van der Waals surface area (Å²) in [5, 5.41) is 9.07. The van der Waals surface area contributed by atoms with Crippen LogP contribution in [0.25, 0.3) is 0 Å². The third-order valence-electron chi connectivity index (χ3n) is 2.70. The smallest absolute Gasteiger partial charge is 0.329 e. The molecule has 0 aliphatic carbocycles. The van der Waals surface area contributed by atoms with Gasteiger partial charge in [0.15, 0.2) is 0 Å². The van der Waals surface area contributed by atoms with Gasteiger partial charge in [0, 0.05) is 6.54 Å². The maximum atomic E-state index is 12.0. The fourth-order valence-corrected chi connectivity index (χ4v) is 1.58. The van der Waals surface area contributed by atoms with E-state index < -0.39 is 17.6 Å². The number of carbonyl (C=O) groups excluding carboxylic acids is 1. The summed E-state index contributed by atoms with van der Waals surface area (Å²) in [5.74, 6) is -1.32. The quantitative estimate of drug-likeness (QED) is 0.707. The molecule has 0 aliphatic heterocycles. The highest BCUT2D eigenvalue weighted by Crippen LogP contribution is 2.16. The molecule has 0 bridgehead atoms. The monoisotopic (exact) mass is 230 g/mol. The lowest BCUT2D eigenvalue weighted by molar-refractivity contribution is -0.157. The van der Waals surface area contributed by atoms with Gasteiger partial charge in [-0.05, 0) is 27.2 Å². The van der Waals surface area contributed by atoms with Crippen LogP contribution in [-0.4, -0.2) is 40.0 Å². The summed E-state index contributed by atoms with van der Waals surface area (Å²) in [6.07, 6.45) is 1.38. The number of rotatable bonds is 6. The molecule has 0 aromatic carbocycles. The number of nitrogens with two attached hydrogens (primary N) is 1. The summed E-state index contributed by atoms with van der Waals surface area (Å²) in [5.41, 5.74) is 4.51. The lowest BCUT2D eigenvalue weighted by Gasteiger charge is -2.35. The first-order valence-electron chi connectivity index (χ1n) is 5.59.